The van der Waals surface area contributed by atoms with Crippen molar-refractivity contribution in [2.75, 3.05) is 40.1 Å². The van der Waals surface area contributed by atoms with Crippen LogP contribution in [0.4, 0.5) is 0 Å². The van der Waals surface area contributed by atoms with E-state index in [4.69, 9.17) is 14.2 Å². The number of ether oxygens (including phenoxy) is 3. The first-order valence-corrected chi connectivity index (χ1v) is 7.36. The van der Waals surface area contributed by atoms with Crippen LogP contribution in [0, 0.1) is 28.6 Å². The Kier molecular flexibility index (Phi) is 5.62. The summed E-state index contributed by atoms with van der Waals surface area (Å²) in [6.07, 6.45) is 5.85. The molecule has 2 rings (SSSR count). The average molecular weight is 267 g/mol. The fraction of sp³-hybridized carbons (Fsp3) is 0.933. The van der Waals surface area contributed by atoms with E-state index in [-0.39, 0.29) is 5.41 Å². The maximum atomic E-state index is 9.49. The summed E-state index contributed by atoms with van der Waals surface area (Å²) >= 11 is 0. The molecule has 2 aliphatic carbocycles. The molecule has 4 nitrogen and oxygen atoms in total. The molecular formula is C15H25NO3. The molecule has 0 aromatic rings. The van der Waals surface area contributed by atoms with Crippen molar-refractivity contribution in [1.82, 2.24) is 0 Å². The highest BCUT2D eigenvalue weighted by molar-refractivity contribution is 5.11. The van der Waals surface area contributed by atoms with Crippen molar-refractivity contribution in [1.29, 1.82) is 5.26 Å². The smallest absolute Gasteiger partial charge is 0.0701 e. The number of hydrogen-bond donors (Lipinski definition) is 0. The first kappa shape index (κ1) is 14.8. The fourth-order valence-corrected chi connectivity index (χ4v) is 3.66. The summed E-state index contributed by atoms with van der Waals surface area (Å²) in [5.74, 6) is 1.44. The van der Waals surface area contributed by atoms with Gasteiger partial charge in [-0.2, -0.15) is 5.26 Å². The van der Waals surface area contributed by atoms with Crippen LogP contribution in [0.25, 0.3) is 0 Å². The predicted octanol–water partition coefficient (Wildman–Crippen LogP) is 2.39. The van der Waals surface area contributed by atoms with Crippen LogP contribution in [0.15, 0.2) is 0 Å². The Bertz CT molecular complexity index is 315. The number of fused-ring (bicyclic) bond motifs is 2. The molecule has 0 saturated heterocycles. The van der Waals surface area contributed by atoms with Crippen molar-refractivity contribution in [2.24, 2.45) is 17.3 Å². The Morgan fingerprint density at radius 3 is 2.42 bits per heavy atom. The summed E-state index contributed by atoms with van der Waals surface area (Å²) in [4.78, 5) is 0. The summed E-state index contributed by atoms with van der Waals surface area (Å²) in [5, 5.41) is 9.49. The van der Waals surface area contributed by atoms with Gasteiger partial charge in [-0.15, -0.1) is 0 Å². The summed E-state index contributed by atoms with van der Waals surface area (Å²) in [7, 11) is 1.66. The number of nitrogens with zero attached hydrogens (tertiary/aromatic N) is 1. The van der Waals surface area contributed by atoms with E-state index < -0.39 is 0 Å². The maximum absolute atomic E-state index is 9.49. The zero-order valence-electron chi connectivity index (χ0n) is 11.9. The lowest BCUT2D eigenvalue weighted by Crippen LogP contribution is -2.27. The van der Waals surface area contributed by atoms with E-state index in [1.165, 1.54) is 19.3 Å². The Hall–Kier alpha value is -0.630. The molecule has 0 radical (unpaired) electrons. The van der Waals surface area contributed by atoms with E-state index in [0.717, 1.165) is 18.8 Å². The lowest BCUT2D eigenvalue weighted by atomic mass is 9.72. The third-order valence-corrected chi connectivity index (χ3v) is 4.69. The minimum absolute atomic E-state index is 0.0835. The summed E-state index contributed by atoms with van der Waals surface area (Å²) in [5.41, 5.74) is -0.0835. The molecule has 0 aromatic heterocycles. The predicted molar refractivity (Wildman–Crippen MR) is 71.6 cm³/mol. The summed E-state index contributed by atoms with van der Waals surface area (Å²) < 4.78 is 15.8. The van der Waals surface area contributed by atoms with E-state index in [0.29, 0.717) is 39.0 Å². The second-order valence-electron chi connectivity index (χ2n) is 5.82. The lowest BCUT2D eigenvalue weighted by Gasteiger charge is -2.30. The minimum Gasteiger partial charge on any atom is -0.382 e. The molecule has 0 spiro atoms. The van der Waals surface area contributed by atoms with Crippen molar-refractivity contribution in [3.63, 3.8) is 0 Å². The molecule has 0 aliphatic heterocycles. The Morgan fingerprint density at radius 1 is 1.11 bits per heavy atom. The first-order valence-electron chi connectivity index (χ1n) is 7.36. The molecule has 2 fully saturated rings. The van der Waals surface area contributed by atoms with E-state index in [9.17, 15) is 5.26 Å². The second-order valence-corrected chi connectivity index (χ2v) is 5.82. The fourth-order valence-electron chi connectivity index (χ4n) is 3.66. The Labute approximate surface area is 116 Å². The van der Waals surface area contributed by atoms with Gasteiger partial charge < -0.3 is 14.2 Å². The number of methoxy groups -OCH3 is 1. The maximum Gasteiger partial charge on any atom is 0.0701 e. The molecule has 0 heterocycles. The molecule has 3 atom stereocenters. The van der Waals surface area contributed by atoms with Crippen LogP contribution in [-0.2, 0) is 14.2 Å². The monoisotopic (exact) mass is 267 g/mol. The molecule has 19 heavy (non-hydrogen) atoms. The van der Waals surface area contributed by atoms with Gasteiger partial charge in [0.15, 0.2) is 0 Å². The molecular weight excluding hydrogens is 242 g/mol. The topological polar surface area (TPSA) is 51.5 Å². The molecule has 2 saturated carbocycles. The molecule has 0 N–H and O–H groups in total. The zero-order valence-corrected chi connectivity index (χ0v) is 11.9. The van der Waals surface area contributed by atoms with Gasteiger partial charge in [0.25, 0.3) is 0 Å². The van der Waals surface area contributed by atoms with Gasteiger partial charge in [0, 0.05) is 13.7 Å². The first-order chi connectivity index (χ1) is 9.30. The highest BCUT2D eigenvalue weighted by Gasteiger charge is 2.50. The standard InChI is InChI=1S/C15H25NO3/c1-17-6-7-19-9-8-18-5-4-15(12-16)11-13-2-3-14(15)10-13/h13-14H,2-11H2,1H3. The third kappa shape index (κ3) is 3.68. The average Bonchev–Trinajstić information content (AvgIpc) is 3.03. The van der Waals surface area contributed by atoms with Crippen molar-refractivity contribution in [2.45, 2.75) is 32.1 Å². The van der Waals surface area contributed by atoms with Gasteiger partial charge in [0.2, 0.25) is 0 Å². The number of nitriles is 1. The highest BCUT2D eigenvalue weighted by atomic mass is 16.5. The molecule has 108 valence electrons. The molecule has 3 unspecified atom stereocenters. The Morgan fingerprint density at radius 2 is 1.84 bits per heavy atom. The van der Waals surface area contributed by atoms with Crippen LogP contribution >= 0.6 is 0 Å². The molecule has 0 aromatic carbocycles. The van der Waals surface area contributed by atoms with Gasteiger partial charge in [-0.3, -0.25) is 0 Å². The lowest BCUT2D eigenvalue weighted by molar-refractivity contribution is 0.0163. The van der Waals surface area contributed by atoms with E-state index in [1.807, 2.05) is 0 Å². The normalized spacial score (nSPS) is 32.6. The van der Waals surface area contributed by atoms with Gasteiger partial charge >= 0.3 is 0 Å². The van der Waals surface area contributed by atoms with Crippen LogP contribution in [0.1, 0.15) is 32.1 Å². The SMILES string of the molecule is COCCOCCOCCC1(C#N)CC2CCC1C2. The van der Waals surface area contributed by atoms with Gasteiger partial charge in [0.05, 0.1) is 37.9 Å². The van der Waals surface area contributed by atoms with Crippen LogP contribution in [0.3, 0.4) is 0 Å². The zero-order chi connectivity index (χ0) is 13.6. The van der Waals surface area contributed by atoms with E-state index in [1.54, 1.807) is 7.11 Å². The van der Waals surface area contributed by atoms with Gasteiger partial charge in [-0.05, 0) is 37.5 Å². The van der Waals surface area contributed by atoms with Crippen molar-refractivity contribution < 1.29 is 14.2 Å². The third-order valence-electron chi connectivity index (χ3n) is 4.69. The molecule has 4 heteroatoms. The van der Waals surface area contributed by atoms with Crippen LogP contribution in [0.2, 0.25) is 0 Å². The summed E-state index contributed by atoms with van der Waals surface area (Å²) in [6, 6.07) is 2.60. The van der Waals surface area contributed by atoms with E-state index >= 15 is 0 Å². The highest BCUT2D eigenvalue weighted by Crippen LogP contribution is 2.57. The molecule has 2 bridgehead atoms. The van der Waals surface area contributed by atoms with Crippen molar-refractivity contribution >= 4 is 0 Å². The van der Waals surface area contributed by atoms with Crippen LogP contribution in [-0.4, -0.2) is 40.1 Å². The van der Waals surface area contributed by atoms with Crippen molar-refractivity contribution in [3.8, 4) is 6.07 Å². The molecule has 2 aliphatic rings. The van der Waals surface area contributed by atoms with Crippen molar-refractivity contribution in [3.05, 3.63) is 0 Å². The molecule has 0 amide bonds. The van der Waals surface area contributed by atoms with Gasteiger partial charge in [0.1, 0.15) is 0 Å². The van der Waals surface area contributed by atoms with Crippen LogP contribution < -0.4 is 0 Å². The largest absolute Gasteiger partial charge is 0.382 e. The van der Waals surface area contributed by atoms with Gasteiger partial charge in [-0.25, -0.2) is 0 Å². The minimum atomic E-state index is -0.0835. The van der Waals surface area contributed by atoms with Gasteiger partial charge in [-0.1, -0.05) is 6.42 Å². The Balaban J connectivity index is 1.57. The van der Waals surface area contributed by atoms with E-state index in [2.05, 4.69) is 6.07 Å². The summed E-state index contributed by atoms with van der Waals surface area (Å²) in [6.45, 7) is 3.14. The second kappa shape index (κ2) is 7.23. The number of hydrogen-bond acceptors (Lipinski definition) is 4. The number of rotatable bonds is 9. The van der Waals surface area contributed by atoms with Crippen LogP contribution in [0.5, 0.6) is 0 Å². The quantitative estimate of drug-likeness (QED) is 0.602.